The second-order valence-corrected chi connectivity index (χ2v) is 3.99. The molecule has 0 saturated carbocycles. The van der Waals surface area contributed by atoms with Gasteiger partial charge in [0.05, 0.1) is 10.6 Å². The Morgan fingerprint density at radius 2 is 1.70 bits per heavy atom. The van der Waals surface area contributed by atoms with Crippen molar-refractivity contribution >= 4 is 29.1 Å². The molecule has 2 amide bonds. The molecule has 0 aliphatic heterocycles. The molecule has 0 aliphatic rings. The lowest BCUT2D eigenvalue weighted by Gasteiger charge is -2.18. The SMILES string of the molecule is NC(=O)c1ccc(NC(=O)C(F)(F)C(F)(F)F)cc1Cl. The number of carbonyl (C=O) groups excluding carboxylic acids is 2. The van der Waals surface area contributed by atoms with Crippen molar-refractivity contribution in [1.82, 2.24) is 0 Å². The Hall–Kier alpha value is -1.90. The van der Waals surface area contributed by atoms with E-state index in [4.69, 9.17) is 17.3 Å². The minimum atomic E-state index is -6.02. The Morgan fingerprint density at radius 1 is 1.15 bits per heavy atom. The van der Waals surface area contributed by atoms with Gasteiger partial charge < -0.3 is 11.1 Å². The van der Waals surface area contributed by atoms with Crippen LogP contribution in [0.1, 0.15) is 10.4 Å². The molecule has 1 aromatic rings. The third kappa shape index (κ3) is 3.16. The topological polar surface area (TPSA) is 72.2 Å². The number of hydrogen-bond donors (Lipinski definition) is 2. The first-order valence-electron chi connectivity index (χ1n) is 4.82. The molecule has 0 saturated heterocycles. The summed E-state index contributed by atoms with van der Waals surface area (Å²) in [6.45, 7) is 0. The van der Waals surface area contributed by atoms with Gasteiger partial charge in [-0.25, -0.2) is 0 Å². The fourth-order valence-corrected chi connectivity index (χ4v) is 1.40. The Kier molecular flexibility index (Phi) is 4.23. The maximum Gasteiger partial charge on any atom is 0.463 e. The standard InChI is InChI=1S/C10H6ClF5N2O2/c11-6-3-4(1-2-5(6)7(17)19)18-8(20)9(12,13)10(14,15)16/h1-3H,(H2,17,19)(H,18,20). The maximum absolute atomic E-state index is 12.7. The summed E-state index contributed by atoms with van der Waals surface area (Å²) in [5, 5.41) is 1.05. The third-order valence-electron chi connectivity index (χ3n) is 2.13. The maximum atomic E-state index is 12.7. The highest BCUT2D eigenvalue weighted by Gasteiger charge is 2.63. The molecule has 3 N–H and O–H groups in total. The van der Waals surface area contributed by atoms with Crippen molar-refractivity contribution in [2.45, 2.75) is 12.1 Å². The van der Waals surface area contributed by atoms with Crippen LogP contribution in [0.25, 0.3) is 0 Å². The quantitative estimate of drug-likeness (QED) is 0.841. The summed E-state index contributed by atoms with van der Waals surface area (Å²) in [4.78, 5) is 21.7. The number of nitrogens with two attached hydrogens (primary N) is 1. The van der Waals surface area contributed by atoms with Gasteiger partial charge in [0.25, 0.3) is 0 Å². The highest BCUT2D eigenvalue weighted by molar-refractivity contribution is 6.34. The van der Waals surface area contributed by atoms with Crippen LogP contribution in [0.4, 0.5) is 27.6 Å². The van der Waals surface area contributed by atoms with Crippen molar-refractivity contribution in [3.8, 4) is 0 Å². The lowest BCUT2D eigenvalue weighted by molar-refractivity contribution is -0.267. The van der Waals surface area contributed by atoms with E-state index in [0.717, 1.165) is 18.2 Å². The fourth-order valence-electron chi connectivity index (χ4n) is 1.13. The zero-order chi connectivity index (χ0) is 15.7. The van der Waals surface area contributed by atoms with Gasteiger partial charge in [-0.15, -0.1) is 0 Å². The Bertz CT molecular complexity index is 559. The van der Waals surface area contributed by atoms with Gasteiger partial charge in [0.2, 0.25) is 5.91 Å². The van der Waals surface area contributed by atoms with Crippen LogP contribution in [0.5, 0.6) is 0 Å². The average molecular weight is 317 g/mol. The number of amides is 2. The molecular formula is C10H6ClF5N2O2. The monoisotopic (exact) mass is 316 g/mol. The Labute approximate surface area is 113 Å². The van der Waals surface area contributed by atoms with E-state index in [1.54, 1.807) is 0 Å². The first-order valence-corrected chi connectivity index (χ1v) is 5.20. The molecule has 0 heterocycles. The Balaban J connectivity index is 2.98. The summed E-state index contributed by atoms with van der Waals surface area (Å²) in [7, 11) is 0. The van der Waals surface area contributed by atoms with E-state index >= 15 is 0 Å². The minimum absolute atomic E-state index is 0.174. The molecule has 0 bridgehead atoms. The van der Waals surface area contributed by atoms with Gasteiger partial charge in [-0.3, -0.25) is 9.59 Å². The number of alkyl halides is 5. The number of carbonyl (C=O) groups is 2. The van der Waals surface area contributed by atoms with E-state index < -0.39 is 29.6 Å². The van der Waals surface area contributed by atoms with E-state index in [1.165, 1.54) is 5.32 Å². The van der Waals surface area contributed by atoms with Gasteiger partial charge in [-0.2, -0.15) is 22.0 Å². The molecule has 20 heavy (non-hydrogen) atoms. The predicted octanol–water partition coefficient (Wildman–Crippen LogP) is 2.58. The van der Waals surface area contributed by atoms with Gasteiger partial charge in [0, 0.05) is 5.69 Å². The van der Waals surface area contributed by atoms with E-state index in [0.29, 0.717) is 0 Å². The average Bonchev–Trinajstić information content (AvgIpc) is 2.26. The summed E-state index contributed by atoms with van der Waals surface area (Å²) >= 11 is 5.55. The number of nitrogens with one attached hydrogen (secondary N) is 1. The van der Waals surface area contributed by atoms with Crippen LogP contribution in [0.3, 0.4) is 0 Å². The molecule has 1 rings (SSSR count). The lowest BCUT2D eigenvalue weighted by Crippen LogP contribution is -2.47. The molecular weight excluding hydrogens is 311 g/mol. The second-order valence-electron chi connectivity index (χ2n) is 3.59. The summed E-state index contributed by atoms with van der Waals surface area (Å²) in [6.07, 6.45) is -6.02. The molecule has 0 radical (unpaired) electrons. The van der Waals surface area contributed by atoms with Crippen LogP contribution in [0.15, 0.2) is 18.2 Å². The van der Waals surface area contributed by atoms with Crippen LogP contribution in [0, 0.1) is 0 Å². The van der Waals surface area contributed by atoms with Crippen molar-refractivity contribution in [2.24, 2.45) is 5.73 Å². The fraction of sp³-hybridized carbons (Fsp3) is 0.200. The molecule has 0 fully saturated rings. The van der Waals surface area contributed by atoms with Crippen LogP contribution >= 0.6 is 11.6 Å². The van der Waals surface area contributed by atoms with Gasteiger partial charge in [0.15, 0.2) is 0 Å². The van der Waals surface area contributed by atoms with Crippen molar-refractivity contribution in [3.05, 3.63) is 28.8 Å². The number of primary amides is 1. The van der Waals surface area contributed by atoms with Gasteiger partial charge in [0.1, 0.15) is 0 Å². The highest BCUT2D eigenvalue weighted by Crippen LogP contribution is 2.36. The van der Waals surface area contributed by atoms with E-state index in [-0.39, 0.29) is 10.6 Å². The zero-order valence-electron chi connectivity index (χ0n) is 9.39. The number of hydrogen-bond acceptors (Lipinski definition) is 2. The largest absolute Gasteiger partial charge is 0.463 e. The van der Waals surface area contributed by atoms with Crippen LogP contribution in [-0.2, 0) is 4.79 Å². The number of anilines is 1. The number of benzene rings is 1. The lowest BCUT2D eigenvalue weighted by atomic mass is 10.2. The van der Waals surface area contributed by atoms with Gasteiger partial charge in [-0.1, -0.05) is 11.6 Å². The van der Waals surface area contributed by atoms with E-state index in [1.807, 2.05) is 0 Å². The minimum Gasteiger partial charge on any atom is -0.366 e. The predicted molar refractivity (Wildman–Crippen MR) is 59.6 cm³/mol. The molecule has 10 heteroatoms. The summed E-state index contributed by atoms with van der Waals surface area (Å²) in [6, 6.07) is 2.72. The van der Waals surface area contributed by atoms with Gasteiger partial charge in [-0.05, 0) is 18.2 Å². The molecule has 4 nitrogen and oxygen atoms in total. The van der Waals surface area contributed by atoms with Gasteiger partial charge >= 0.3 is 18.0 Å². The summed E-state index contributed by atoms with van der Waals surface area (Å²) in [5.41, 5.74) is 4.30. The number of rotatable bonds is 3. The molecule has 0 spiro atoms. The first kappa shape index (κ1) is 16.2. The zero-order valence-corrected chi connectivity index (χ0v) is 10.1. The molecule has 110 valence electrons. The highest BCUT2D eigenvalue weighted by atomic mass is 35.5. The second kappa shape index (κ2) is 5.23. The van der Waals surface area contributed by atoms with Crippen molar-refractivity contribution in [1.29, 1.82) is 0 Å². The van der Waals surface area contributed by atoms with Crippen molar-refractivity contribution in [2.75, 3.05) is 5.32 Å². The molecule has 0 unspecified atom stereocenters. The van der Waals surface area contributed by atoms with E-state index in [2.05, 4.69) is 0 Å². The van der Waals surface area contributed by atoms with Crippen LogP contribution < -0.4 is 11.1 Å². The number of halogens is 6. The normalized spacial score (nSPS) is 12.1. The first-order chi connectivity index (χ1) is 8.96. The van der Waals surface area contributed by atoms with Crippen molar-refractivity contribution in [3.63, 3.8) is 0 Å². The molecule has 0 aromatic heterocycles. The smallest absolute Gasteiger partial charge is 0.366 e. The van der Waals surface area contributed by atoms with Crippen molar-refractivity contribution < 1.29 is 31.5 Å². The van der Waals surface area contributed by atoms with Crippen LogP contribution in [-0.4, -0.2) is 23.9 Å². The summed E-state index contributed by atoms with van der Waals surface area (Å²) in [5.74, 6) is -9.04. The molecule has 1 aromatic carbocycles. The Morgan fingerprint density at radius 3 is 2.10 bits per heavy atom. The molecule has 0 atom stereocenters. The van der Waals surface area contributed by atoms with Crippen LogP contribution in [0.2, 0.25) is 5.02 Å². The third-order valence-corrected chi connectivity index (χ3v) is 2.45. The van der Waals surface area contributed by atoms with E-state index in [9.17, 15) is 31.5 Å². The molecule has 0 aliphatic carbocycles. The summed E-state index contributed by atoms with van der Waals surface area (Å²) < 4.78 is 61.2.